The van der Waals surface area contributed by atoms with Gasteiger partial charge in [-0.05, 0) is 24.9 Å². The van der Waals surface area contributed by atoms with Gasteiger partial charge in [0.05, 0.1) is 0 Å². The molecule has 15 heavy (non-hydrogen) atoms. The SMILES string of the molecule is CSCCCCn1c(N)cc(=O)[nH]c1=O. The fourth-order valence-electron chi connectivity index (χ4n) is 1.29. The number of nitrogens with zero attached hydrogens (tertiary/aromatic N) is 1. The molecule has 0 aliphatic carbocycles. The fourth-order valence-corrected chi connectivity index (χ4v) is 1.78. The second-order valence-corrected chi connectivity index (χ2v) is 4.20. The first-order chi connectivity index (χ1) is 7.15. The highest BCUT2D eigenvalue weighted by molar-refractivity contribution is 7.98. The highest BCUT2D eigenvalue weighted by Gasteiger charge is 2.01. The molecule has 0 fully saturated rings. The van der Waals surface area contributed by atoms with Crippen LogP contribution in [0.1, 0.15) is 12.8 Å². The molecule has 84 valence electrons. The number of hydrogen-bond donors (Lipinski definition) is 2. The van der Waals surface area contributed by atoms with E-state index in [1.54, 1.807) is 11.8 Å². The minimum Gasteiger partial charge on any atom is -0.385 e. The van der Waals surface area contributed by atoms with Crippen LogP contribution in [0.15, 0.2) is 15.7 Å². The van der Waals surface area contributed by atoms with Gasteiger partial charge in [0.1, 0.15) is 5.82 Å². The zero-order chi connectivity index (χ0) is 11.3. The molecule has 6 heteroatoms. The van der Waals surface area contributed by atoms with E-state index in [-0.39, 0.29) is 5.82 Å². The second-order valence-electron chi connectivity index (χ2n) is 3.22. The van der Waals surface area contributed by atoms with Crippen LogP contribution in [-0.4, -0.2) is 21.6 Å². The monoisotopic (exact) mass is 229 g/mol. The molecule has 5 nitrogen and oxygen atoms in total. The number of aromatic nitrogens is 2. The summed E-state index contributed by atoms with van der Waals surface area (Å²) in [4.78, 5) is 24.4. The molecule has 1 heterocycles. The minimum absolute atomic E-state index is 0.230. The number of aromatic amines is 1. The van der Waals surface area contributed by atoms with Crippen LogP contribution >= 0.6 is 11.8 Å². The average molecular weight is 229 g/mol. The van der Waals surface area contributed by atoms with Gasteiger partial charge in [-0.1, -0.05) is 0 Å². The predicted octanol–water partition coefficient (Wildman–Crippen LogP) is 0.262. The normalized spacial score (nSPS) is 10.5. The van der Waals surface area contributed by atoms with E-state index in [4.69, 9.17) is 5.73 Å². The molecular weight excluding hydrogens is 214 g/mol. The first-order valence-corrected chi connectivity index (χ1v) is 6.13. The summed E-state index contributed by atoms with van der Waals surface area (Å²) in [5.74, 6) is 1.30. The molecule has 0 unspecified atom stereocenters. The van der Waals surface area contributed by atoms with Gasteiger partial charge in [-0.25, -0.2) is 4.79 Å². The number of thioether (sulfide) groups is 1. The Bertz CT molecular complexity index is 424. The average Bonchev–Trinajstić information content (AvgIpc) is 2.15. The van der Waals surface area contributed by atoms with E-state index in [2.05, 4.69) is 4.98 Å². The number of unbranched alkanes of at least 4 members (excludes halogenated alkanes) is 1. The Hall–Kier alpha value is -1.17. The maximum Gasteiger partial charge on any atom is 0.329 e. The summed E-state index contributed by atoms with van der Waals surface area (Å²) in [6.07, 6.45) is 3.96. The molecule has 0 saturated carbocycles. The summed E-state index contributed by atoms with van der Waals surface area (Å²) >= 11 is 1.77. The molecule has 1 aromatic heterocycles. The third kappa shape index (κ3) is 3.47. The third-order valence-electron chi connectivity index (χ3n) is 2.05. The fraction of sp³-hybridized carbons (Fsp3) is 0.556. The van der Waals surface area contributed by atoms with Crippen LogP contribution in [0.4, 0.5) is 5.82 Å². The molecule has 0 bridgehead atoms. The number of nitrogen functional groups attached to an aromatic ring is 1. The summed E-state index contributed by atoms with van der Waals surface area (Å²) < 4.78 is 1.39. The Morgan fingerprint density at radius 1 is 1.47 bits per heavy atom. The summed E-state index contributed by atoms with van der Waals surface area (Å²) in [6, 6.07) is 1.23. The Labute approximate surface area is 91.7 Å². The van der Waals surface area contributed by atoms with Crippen LogP contribution < -0.4 is 17.0 Å². The lowest BCUT2D eigenvalue weighted by Crippen LogP contribution is -2.31. The number of anilines is 1. The van der Waals surface area contributed by atoms with Crippen LogP contribution in [0.2, 0.25) is 0 Å². The van der Waals surface area contributed by atoms with Crippen molar-refractivity contribution in [2.75, 3.05) is 17.7 Å². The summed E-state index contributed by atoms with van der Waals surface area (Å²) in [7, 11) is 0. The number of rotatable bonds is 5. The lowest BCUT2D eigenvalue weighted by Gasteiger charge is -2.07. The topological polar surface area (TPSA) is 80.9 Å². The molecular formula is C9H15N3O2S. The Morgan fingerprint density at radius 2 is 2.20 bits per heavy atom. The Morgan fingerprint density at radius 3 is 2.80 bits per heavy atom. The van der Waals surface area contributed by atoms with Crippen LogP contribution in [0, 0.1) is 0 Å². The van der Waals surface area contributed by atoms with Crippen molar-refractivity contribution in [1.29, 1.82) is 0 Å². The lowest BCUT2D eigenvalue weighted by atomic mass is 10.3. The molecule has 0 spiro atoms. The number of H-pyrrole nitrogens is 1. The maximum absolute atomic E-state index is 11.3. The number of nitrogens with two attached hydrogens (primary N) is 1. The van der Waals surface area contributed by atoms with Crippen LogP contribution in [-0.2, 0) is 6.54 Å². The maximum atomic E-state index is 11.3. The molecule has 3 N–H and O–H groups in total. The van der Waals surface area contributed by atoms with Crippen molar-refractivity contribution in [2.24, 2.45) is 0 Å². The summed E-state index contributed by atoms with van der Waals surface area (Å²) in [5, 5.41) is 0. The smallest absolute Gasteiger partial charge is 0.329 e. The molecule has 0 aliphatic rings. The van der Waals surface area contributed by atoms with Crippen LogP contribution in [0.3, 0.4) is 0 Å². The van der Waals surface area contributed by atoms with Gasteiger partial charge in [-0.3, -0.25) is 14.3 Å². The van der Waals surface area contributed by atoms with Gasteiger partial charge >= 0.3 is 5.69 Å². The molecule has 0 saturated heterocycles. The van der Waals surface area contributed by atoms with Crippen molar-refractivity contribution in [3.63, 3.8) is 0 Å². The molecule has 1 aromatic rings. The molecule has 0 aliphatic heterocycles. The molecule has 0 radical (unpaired) electrons. The van der Waals surface area contributed by atoms with E-state index >= 15 is 0 Å². The quantitative estimate of drug-likeness (QED) is 0.710. The largest absolute Gasteiger partial charge is 0.385 e. The molecule has 0 amide bonds. The van der Waals surface area contributed by atoms with Gasteiger partial charge in [-0.15, -0.1) is 0 Å². The van der Waals surface area contributed by atoms with Crippen LogP contribution in [0.25, 0.3) is 0 Å². The highest BCUT2D eigenvalue weighted by Crippen LogP contribution is 2.02. The predicted molar refractivity (Wildman–Crippen MR) is 63.4 cm³/mol. The van der Waals surface area contributed by atoms with Crippen molar-refractivity contribution in [3.05, 3.63) is 26.9 Å². The second kappa shape index (κ2) is 5.65. The van der Waals surface area contributed by atoms with E-state index in [9.17, 15) is 9.59 Å². The minimum atomic E-state index is -0.446. The van der Waals surface area contributed by atoms with Crippen molar-refractivity contribution in [2.45, 2.75) is 19.4 Å². The molecule has 1 rings (SSSR count). The first-order valence-electron chi connectivity index (χ1n) is 4.73. The van der Waals surface area contributed by atoms with Gasteiger partial charge in [0.25, 0.3) is 5.56 Å². The van der Waals surface area contributed by atoms with Gasteiger partial charge in [0.2, 0.25) is 0 Å². The molecule has 0 atom stereocenters. The van der Waals surface area contributed by atoms with E-state index < -0.39 is 11.2 Å². The van der Waals surface area contributed by atoms with Crippen LogP contribution in [0.5, 0.6) is 0 Å². The van der Waals surface area contributed by atoms with E-state index in [0.29, 0.717) is 6.54 Å². The van der Waals surface area contributed by atoms with Crippen molar-refractivity contribution in [3.8, 4) is 0 Å². The Kier molecular flexibility index (Phi) is 4.48. The van der Waals surface area contributed by atoms with E-state index in [0.717, 1.165) is 18.6 Å². The number of nitrogens with one attached hydrogen (secondary N) is 1. The zero-order valence-electron chi connectivity index (χ0n) is 8.66. The summed E-state index contributed by atoms with van der Waals surface area (Å²) in [5.41, 5.74) is 4.70. The van der Waals surface area contributed by atoms with Crippen molar-refractivity contribution < 1.29 is 0 Å². The van der Waals surface area contributed by atoms with E-state index in [1.807, 2.05) is 6.26 Å². The van der Waals surface area contributed by atoms with Crippen molar-refractivity contribution in [1.82, 2.24) is 9.55 Å². The van der Waals surface area contributed by atoms with Gasteiger partial charge < -0.3 is 5.73 Å². The summed E-state index contributed by atoms with van der Waals surface area (Å²) in [6.45, 7) is 0.558. The zero-order valence-corrected chi connectivity index (χ0v) is 9.47. The van der Waals surface area contributed by atoms with Gasteiger partial charge in [0, 0.05) is 12.6 Å². The van der Waals surface area contributed by atoms with Gasteiger partial charge in [0.15, 0.2) is 0 Å². The van der Waals surface area contributed by atoms with Crippen molar-refractivity contribution >= 4 is 17.6 Å². The molecule has 0 aromatic carbocycles. The Balaban J connectivity index is 2.69. The third-order valence-corrected chi connectivity index (χ3v) is 2.74. The number of hydrogen-bond acceptors (Lipinski definition) is 4. The lowest BCUT2D eigenvalue weighted by molar-refractivity contribution is 0.607. The standard InChI is InChI=1S/C9H15N3O2S/c1-15-5-3-2-4-12-7(10)6-8(13)11-9(12)14/h6H,2-5,10H2,1H3,(H,11,13,14). The van der Waals surface area contributed by atoms with Gasteiger partial charge in [-0.2, -0.15) is 11.8 Å². The first kappa shape index (κ1) is 11.9. The highest BCUT2D eigenvalue weighted by atomic mass is 32.2. The van der Waals surface area contributed by atoms with E-state index in [1.165, 1.54) is 10.6 Å².